The summed E-state index contributed by atoms with van der Waals surface area (Å²) in [6.45, 7) is 0. The highest BCUT2D eigenvalue weighted by Crippen LogP contribution is 2.25. The Morgan fingerprint density at radius 3 is 1.27 bits per heavy atom. The predicted molar refractivity (Wildman–Crippen MR) is 125 cm³/mol. The van der Waals surface area contributed by atoms with Gasteiger partial charge in [0.2, 0.25) is 11.4 Å². The molecule has 0 bridgehead atoms. The molecular formula is C27H23ClN2. The molecule has 3 heteroatoms. The van der Waals surface area contributed by atoms with E-state index in [0.29, 0.717) is 0 Å². The first-order valence-electron chi connectivity index (χ1n) is 9.72. The first kappa shape index (κ1) is 21.1. The molecule has 4 aromatic carbocycles. The number of nitrogens with zero attached hydrogens (tertiary/aromatic N) is 2. The monoisotopic (exact) mass is 410 g/mol. The van der Waals surface area contributed by atoms with Gasteiger partial charge in [-0.1, -0.05) is 72.8 Å². The summed E-state index contributed by atoms with van der Waals surface area (Å²) < 4.78 is 2.19. The molecule has 0 amide bonds. The Kier molecular flexibility index (Phi) is 7.59. The Morgan fingerprint density at radius 2 is 0.867 bits per heavy atom. The number of hydrogen-bond donors (Lipinski definition) is 0. The highest BCUT2D eigenvalue weighted by molar-refractivity contribution is 5.81. The summed E-state index contributed by atoms with van der Waals surface area (Å²) in [5.41, 5.74) is 4.48. The molecule has 0 radical (unpaired) electrons. The van der Waals surface area contributed by atoms with Crippen molar-refractivity contribution in [3.63, 3.8) is 0 Å². The quantitative estimate of drug-likeness (QED) is 0.344. The van der Waals surface area contributed by atoms with Gasteiger partial charge in [-0.05, 0) is 24.3 Å². The molecule has 2 nitrogen and oxygen atoms in total. The molecule has 30 heavy (non-hydrogen) atoms. The molecule has 0 aromatic heterocycles. The van der Waals surface area contributed by atoms with Crippen molar-refractivity contribution in [1.82, 2.24) is 4.58 Å². The van der Waals surface area contributed by atoms with E-state index in [9.17, 15) is 0 Å². The first-order chi connectivity index (χ1) is 14.4. The predicted octanol–water partition coefficient (Wildman–Crippen LogP) is 3.95. The van der Waals surface area contributed by atoms with Crippen LogP contribution >= 0.6 is 0 Å². The largest absolute Gasteiger partial charge is 1.00 e. The van der Waals surface area contributed by atoms with E-state index in [0.717, 1.165) is 22.7 Å². The summed E-state index contributed by atoms with van der Waals surface area (Å²) in [6, 6.07) is 41.5. The summed E-state index contributed by atoms with van der Waals surface area (Å²) >= 11 is 0. The number of rotatable bonds is 6. The van der Waals surface area contributed by atoms with Gasteiger partial charge in [0, 0.05) is 47.9 Å². The van der Waals surface area contributed by atoms with Crippen LogP contribution in [-0.4, -0.2) is 6.21 Å². The topological polar surface area (TPSA) is 6.25 Å². The van der Waals surface area contributed by atoms with Gasteiger partial charge in [-0.15, -0.1) is 0 Å². The fourth-order valence-corrected chi connectivity index (χ4v) is 3.21. The van der Waals surface area contributed by atoms with E-state index < -0.39 is 0 Å². The summed E-state index contributed by atoms with van der Waals surface area (Å²) in [5, 5.41) is 0. The number of anilines is 2. The highest BCUT2D eigenvalue weighted by atomic mass is 35.5. The Hall–Kier alpha value is -3.62. The Balaban J connectivity index is 0.00000256. The van der Waals surface area contributed by atoms with Crippen molar-refractivity contribution >= 4 is 29.0 Å². The lowest BCUT2D eigenvalue weighted by atomic mass is 10.2. The summed E-state index contributed by atoms with van der Waals surface area (Å²) in [4.78, 5) is 2.19. The van der Waals surface area contributed by atoms with E-state index >= 15 is 0 Å². The van der Waals surface area contributed by atoms with Crippen molar-refractivity contribution in [3.8, 4) is 0 Å². The highest BCUT2D eigenvalue weighted by Gasteiger charge is 2.11. The maximum absolute atomic E-state index is 2.19. The minimum absolute atomic E-state index is 0. The first-order valence-corrected chi connectivity index (χ1v) is 9.72. The Morgan fingerprint density at radius 1 is 0.500 bits per heavy atom. The maximum atomic E-state index is 2.19. The molecule has 0 spiro atoms. The van der Waals surface area contributed by atoms with Crippen molar-refractivity contribution in [1.29, 1.82) is 0 Å². The van der Waals surface area contributed by atoms with E-state index in [1.165, 1.54) is 0 Å². The molecule has 4 rings (SSSR count). The zero-order chi connectivity index (χ0) is 19.7. The standard InChI is InChI=1S/C27H23N2.ClH/c1-5-14-24(15-6-1)28(25-16-7-2-8-17-25)22-13-23-29(26-18-9-3-10-19-26)27-20-11-4-12-21-27;/h1-23H;1H/q+1;/p-1. The second-order valence-corrected chi connectivity index (χ2v) is 6.57. The van der Waals surface area contributed by atoms with Gasteiger partial charge in [-0.3, -0.25) is 0 Å². The van der Waals surface area contributed by atoms with Crippen molar-refractivity contribution < 1.29 is 12.4 Å². The van der Waals surface area contributed by atoms with E-state index in [2.05, 4.69) is 125 Å². The molecule has 0 aliphatic rings. The van der Waals surface area contributed by atoms with Crippen LogP contribution in [0.2, 0.25) is 0 Å². The normalized spacial score (nSPS) is 10.3. The van der Waals surface area contributed by atoms with Gasteiger partial charge in [0.25, 0.3) is 0 Å². The van der Waals surface area contributed by atoms with Gasteiger partial charge in [-0.25, -0.2) is 0 Å². The molecule has 0 aliphatic heterocycles. The van der Waals surface area contributed by atoms with Gasteiger partial charge >= 0.3 is 0 Å². The summed E-state index contributed by atoms with van der Waals surface area (Å²) in [5.74, 6) is 0. The van der Waals surface area contributed by atoms with Gasteiger partial charge in [0.1, 0.15) is 0 Å². The third-order valence-electron chi connectivity index (χ3n) is 4.61. The number of benzene rings is 4. The van der Waals surface area contributed by atoms with E-state index in [1.54, 1.807) is 0 Å². The van der Waals surface area contributed by atoms with Crippen molar-refractivity contribution in [2.75, 3.05) is 4.90 Å². The van der Waals surface area contributed by atoms with Crippen molar-refractivity contribution in [3.05, 3.63) is 134 Å². The van der Waals surface area contributed by atoms with Crippen LogP contribution in [0.5, 0.6) is 0 Å². The minimum atomic E-state index is 0. The average molecular weight is 411 g/mol. The molecule has 148 valence electrons. The second kappa shape index (κ2) is 10.8. The van der Waals surface area contributed by atoms with Crippen LogP contribution in [0.25, 0.3) is 0 Å². The van der Waals surface area contributed by atoms with Crippen molar-refractivity contribution in [2.24, 2.45) is 0 Å². The number of hydrogen-bond acceptors (Lipinski definition) is 1. The van der Waals surface area contributed by atoms with Crippen LogP contribution < -0.4 is 21.9 Å². The van der Waals surface area contributed by atoms with E-state index in [-0.39, 0.29) is 12.4 Å². The molecule has 0 saturated carbocycles. The van der Waals surface area contributed by atoms with Crippen LogP contribution in [0.3, 0.4) is 0 Å². The van der Waals surface area contributed by atoms with E-state index in [1.807, 2.05) is 24.3 Å². The maximum Gasteiger partial charge on any atom is 0.211 e. The number of para-hydroxylation sites is 4. The number of allylic oxidation sites excluding steroid dienone is 1. The fraction of sp³-hybridized carbons (Fsp3) is 0. The zero-order valence-electron chi connectivity index (χ0n) is 16.6. The third kappa shape index (κ3) is 5.25. The molecule has 0 heterocycles. The second-order valence-electron chi connectivity index (χ2n) is 6.57. The molecule has 0 aliphatic carbocycles. The third-order valence-corrected chi connectivity index (χ3v) is 4.61. The average Bonchev–Trinajstić information content (AvgIpc) is 2.81. The minimum Gasteiger partial charge on any atom is -1.00 e. The molecule has 0 atom stereocenters. The van der Waals surface area contributed by atoms with Gasteiger partial charge < -0.3 is 17.3 Å². The van der Waals surface area contributed by atoms with Gasteiger partial charge in [-0.2, -0.15) is 4.58 Å². The number of halogens is 1. The lowest BCUT2D eigenvalue weighted by Gasteiger charge is -2.20. The molecular weight excluding hydrogens is 388 g/mol. The van der Waals surface area contributed by atoms with Crippen LogP contribution in [-0.2, 0) is 0 Å². The lowest BCUT2D eigenvalue weighted by molar-refractivity contribution is -0.00000560. The van der Waals surface area contributed by atoms with Crippen LogP contribution in [0.1, 0.15) is 0 Å². The molecule has 0 saturated heterocycles. The summed E-state index contributed by atoms with van der Waals surface area (Å²) in [7, 11) is 0. The summed E-state index contributed by atoms with van der Waals surface area (Å²) in [6.07, 6.45) is 6.28. The Labute approximate surface area is 184 Å². The fourth-order valence-electron chi connectivity index (χ4n) is 3.21. The molecule has 0 N–H and O–H groups in total. The smallest absolute Gasteiger partial charge is 0.211 e. The molecule has 0 unspecified atom stereocenters. The van der Waals surface area contributed by atoms with Crippen LogP contribution in [0.4, 0.5) is 22.7 Å². The van der Waals surface area contributed by atoms with Gasteiger partial charge in [0.05, 0.1) is 0 Å². The molecule has 0 fully saturated rings. The van der Waals surface area contributed by atoms with Crippen LogP contribution in [0.15, 0.2) is 134 Å². The lowest BCUT2D eigenvalue weighted by Crippen LogP contribution is -3.00. The van der Waals surface area contributed by atoms with Gasteiger partial charge in [0.15, 0.2) is 6.21 Å². The van der Waals surface area contributed by atoms with Crippen LogP contribution in [0, 0.1) is 0 Å². The molecule has 4 aromatic rings. The van der Waals surface area contributed by atoms with E-state index in [4.69, 9.17) is 0 Å². The SMILES string of the molecule is C(=CN(c1ccccc1)c1ccccc1)C=[N+](c1ccccc1)c1ccccc1.[Cl-]. The Bertz CT molecular complexity index is 996. The van der Waals surface area contributed by atoms with Crippen molar-refractivity contribution in [2.45, 2.75) is 0 Å². The zero-order valence-corrected chi connectivity index (χ0v) is 17.3.